The minimum absolute atomic E-state index is 0.150. The van der Waals surface area contributed by atoms with Crippen LogP contribution in [0.3, 0.4) is 0 Å². The molecule has 0 bridgehead atoms. The number of carbonyl (C=O) groups is 2. The Morgan fingerprint density at radius 1 is 1.00 bits per heavy atom. The van der Waals surface area contributed by atoms with Gasteiger partial charge in [-0.05, 0) is 55.0 Å². The lowest BCUT2D eigenvalue weighted by atomic mass is 9.97. The molecule has 1 aliphatic carbocycles. The molecule has 4 rings (SSSR count). The van der Waals surface area contributed by atoms with Crippen LogP contribution in [0, 0.1) is 12.8 Å². The van der Waals surface area contributed by atoms with E-state index < -0.39 is 0 Å². The first-order valence-corrected chi connectivity index (χ1v) is 11.6. The Kier molecular flexibility index (Phi) is 7.18. The van der Waals surface area contributed by atoms with Crippen molar-refractivity contribution in [2.24, 2.45) is 5.92 Å². The highest BCUT2D eigenvalue weighted by Gasteiger charge is 2.33. The first-order chi connectivity index (χ1) is 16.0. The number of aromatic nitrogens is 1. The van der Waals surface area contributed by atoms with Gasteiger partial charge in [0.25, 0.3) is 0 Å². The van der Waals surface area contributed by atoms with E-state index in [1.54, 1.807) is 13.1 Å². The fourth-order valence-corrected chi connectivity index (χ4v) is 4.05. The number of esters is 1. The van der Waals surface area contributed by atoms with E-state index in [4.69, 9.17) is 4.74 Å². The van der Waals surface area contributed by atoms with E-state index in [-0.39, 0.29) is 24.2 Å². The van der Waals surface area contributed by atoms with Crippen LogP contribution in [0.4, 0.5) is 0 Å². The van der Waals surface area contributed by atoms with Crippen LogP contribution in [0.5, 0.6) is 0 Å². The van der Waals surface area contributed by atoms with E-state index in [0.29, 0.717) is 19.7 Å². The zero-order valence-electron chi connectivity index (χ0n) is 19.3. The average molecular weight is 443 g/mol. The summed E-state index contributed by atoms with van der Waals surface area (Å²) in [5.41, 5.74) is 6.12. The van der Waals surface area contributed by atoms with Gasteiger partial charge in [0.05, 0.1) is 13.0 Å². The first-order valence-electron chi connectivity index (χ1n) is 11.6. The summed E-state index contributed by atoms with van der Waals surface area (Å²) >= 11 is 0. The monoisotopic (exact) mass is 442 g/mol. The van der Waals surface area contributed by atoms with Crippen molar-refractivity contribution >= 4 is 11.9 Å². The third kappa shape index (κ3) is 6.07. The van der Waals surface area contributed by atoms with Crippen LogP contribution in [0.1, 0.15) is 42.0 Å². The van der Waals surface area contributed by atoms with Gasteiger partial charge in [-0.1, -0.05) is 54.1 Å². The second kappa shape index (κ2) is 10.4. The quantitative estimate of drug-likeness (QED) is 0.433. The number of pyridine rings is 1. The molecule has 5 heteroatoms. The van der Waals surface area contributed by atoms with E-state index in [1.165, 1.54) is 0 Å². The van der Waals surface area contributed by atoms with Gasteiger partial charge in [-0.25, -0.2) is 0 Å². The number of ether oxygens (including phenoxy) is 1. The molecule has 1 amide bonds. The maximum absolute atomic E-state index is 13.1. The molecule has 1 aromatic heterocycles. The van der Waals surface area contributed by atoms with Crippen molar-refractivity contribution in [1.82, 2.24) is 9.88 Å². The SMILES string of the molecule is CCOC(=O)Cc1cncc(-c2ccc(C)cc2CN(Cc2ccccc2)C(=O)C2CC2)c1. The molecule has 1 fully saturated rings. The van der Waals surface area contributed by atoms with Crippen molar-refractivity contribution in [3.63, 3.8) is 0 Å². The Hall–Kier alpha value is -3.47. The Labute approximate surface area is 195 Å². The van der Waals surface area contributed by atoms with Crippen LogP contribution in [0.15, 0.2) is 67.0 Å². The van der Waals surface area contributed by atoms with E-state index in [1.807, 2.05) is 35.4 Å². The van der Waals surface area contributed by atoms with Crippen LogP contribution in [0.2, 0.25) is 0 Å². The summed E-state index contributed by atoms with van der Waals surface area (Å²) in [6.07, 6.45) is 5.66. The molecule has 0 radical (unpaired) electrons. The first kappa shape index (κ1) is 22.7. The highest BCUT2D eigenvalue weighted by atomic mass is 16.5. The van der Waals surface area contributed by atoms with Crippen molar-refractivity contribution in [2.75, 3.05) is 6.61 Å². The van der Waals surface area contributed by atoms with Crippen molar-refractivity contribution in [2.45, 2.75) is 46.2 Å². The molecule has 5 nitrogen and oxygen atoms in total. The Bertz CT molecular complexity index is 1120. The van der Waals surface area contributed by atoms with Crippen LogP contribution < -0.4 is 0 Å². The highest BCUT2D eigenvalue weighted by Crippen LogP contribution is 2.33. The van der Waals surface area contributed by atoms with Crippen molar-refractivity contribution < 1.29 is 14.3 Å². The van der Waals surface area contributed by atoms with Crippen molar-refractivity contribution in [1.29, 1.82) is 0 Å². The Morgan fingerprint density at radius 3 is 2.52 bits per heavy atom. The molecule has 1 saturated carbocycles. The number of rotatable bonds is 9. The number of aryl methyl sites for hydroxylation is 1. The van der Waals surface area contributed by atoms with E-state index in [9.17, 15) is 9.59 Å². The lowest BCUT2D eigenvalue weighted by Gasteiger charge is -2.25. The summed E-state index contributed by atoms with van der Waals surface area (Å²) in [7, 11) is 0. The zero-order valence-corrected chi connectivity index (χ0v) is 19.3. The fourth-order valence-electron chi connectivity index (χ4n) is 4.05. The highest BCUT2D eigenvalue weighted by molar-refractivity contribution is 5.81. The van der Waals surface area contributed by atoms with Crippen molar-refractivity contribution in [3.05, 3.63) is 89.2 Å². The lowest BCUT2D eigenvalue weighted by Crippen LogP contribution is -2.31. The fraction of sp³-hybridized carbons (Fsp3) is 0.321. The second-order valence-corrected chi connectivity index (χ2v) is 8.68. The molecule has 0 N–H and O–H groups in total. The van der Waals surface area contributed by atoms with Gasteiger partial charge >= 0.3 is 5.97 Å². The summed E-state index contributed by atoms with van der Waals surface area (Å²) in [6.45, 7) is 5.34. The van der Waals surface area contributed by atoms with Gasteiger partial charge in [-0.3, -0.25) is 14.6 Å². The van der Waals surface area contributed by atoms with Gasteiger partial charge in [-0.15, -0.1) is 0 Å². The summed E-state index contributed by atoms with van der Waals surface area (Å²) < 4.78 is 5.08. The average Bonchev–Trinajstić information content (AvgIpc) is 3.65. The van der Waals surface area contributed by atoms with E-state index in [0.717, 1.165) is 46.2 Å². The minimum atomic E-state index is -0.260. The predicted octanol–water partition coefficient (Wildman–Crippen LogP) is 5.10. The molecule has 3 aromatic rings. The van der Waals surface area contributed by atoms with Gasteiger partial charge in [0, 0.05) is 37.0 Å². The molecular weight excluding hydrogens is 412 g/mol. The van der Waals surface area contributed by atoms with E-state index >= 15 is 0 Å². The van der Waals surface area contributed by atoms with Crippen LogP contribution in [-0.4, -0.2) is 28.4 Å². The summed E-state index contributed by atoms with van der Waals surface area (Å²) in [5.74, 6) is 0.113. The predicted molar refractivity (Wildman–Crippen MR) is 128 cm³/mol. The van der Waals surface area contributed by atoms with Gasteiger partial charge in [0.15, 0.2) is 0 Å². The van der Waals surface area contributed by atoms with Crippen molar-refractivity contribution in [3.8, 4) is 11.1 Å². The molecule has 2 aromatic carbocycles. The summed E-state index contributed by atoms with van der Waals surface area (Å²) in [4.78, 5) is 31.4. The number of amides is 1. The number of hydrogen-bond acceptors (Lipinski definition) is 4. The third-order valence-corrected chi connectivity index (χ3v) is 5.84. The Balaban J connectivity index is 1.63. The van der Waals surface area contributed by atoms with Gasteiger partial charge in [-0.2, -0.15) is 0 Å². The van der Waals surface area contributed by atoms with Crippen LogP contribution >= 0.6 is 0 Å². The third-order valence-electron chi connectivity index (χ3n) is 5.84. The molecular formula is C28H30N2O3. The van der Waals surface area contributed by atoms with Gasteiger partial charge in [0.2, 0.25) is 5.91 Å². The minimum Gasteiger partial charge on any atom is -0.466 e. The molecule has 33 heavy (non-hydrogen) atoms. The number of carbonyl (C=O) groups excluding carboxylic acids is 2. The Morgan fingerprint density at radius 2 is 1.79 bits per heavy atom. The molecule has 0 aliphatic heterocycles. The molecule has 0 spiro atoms. The maximum Gasteiger partial charge on any atom is 0.310 e. The maximum atomic E-state index is 13.1. The van der Waals surface area contributed by atoms with Gasteiger partial charge < -0.3 is 9.64 Å². The van der Waals surface area contributed by atoms with E-state index in [2.05, 4.69) is 42.2 Å². The smallest absolute Gasteiger partial charge is 0.310 e. The van der Waals surface area contributed by atoms with Gasteiger partial charge in [0.1, 0.15) is 0 Å². The number of benzene rings is 2. The molecule has 1 aliphatic rings. The molecule has 0 atom stereocenters. The largest absolute Gasteiger partial charge is 0.466 e. The summed E-state index contributed by atoms with van der Waals surface area (Å²) in [5, 5.41) is 0. The molecule has 0 unspecified atom stereocenters. The molecule has 0 saturated heterocycles. The normalized spacial score (nSPS) is 12.9. The van der Waals surface area contributed by atoms with Crippen LogP contribution in [0.25, 0.3) is 11.1 Å². The van der Waals surface area contributed by atoms with Crippen LogP contribution in [-0.2, 0) is 33.8 Å². The number of hydrogen-bond donors (Lipinski definition) is 0. The standard InChI is InChI=1S/C28H30N2O3/c1-3-33-27(31)15-22-14-24(17-29-16-22)26-12-9-20(2)13-25(26)19-30(28(32)23-10-11-23)18-21-7-5-4-6-8-21/h4-9,12-14,16-17,23H,3,10-11,15,18-19H2,1-2H3. The number of nitrogens with zero attached hydrogens (tertiary/aromatic N) is 2. The molecule has 170 valence electrons. The second-order valence-electron chi connectivity index (χ2n) is 8.68. The topological polar surface area (TPSA) is 59.5 Å². The summed E-state index contributed by atoms with van der Waals surface area (Å²) in [6, 6.07) is 18.4. The lowest BCUT2D eigenvalue weighted by molar-refractivity contribution is -0.142. The molecule has 1 heterocycles. The zero-order chi connectivity index (χ0) is 23.2.